The summed E-state index contributed by atoms with van der Waals surface area (Å²) in [5, 5.41) is 3.86. The first-order valence-corrected chi connectivity index (χ1v) is 8.91. The molecule has 1 aliphatic rings. The van der Waals surface area contributed by atoms with Crippen LogP contribution in [0.2, 0.25) is 0 Å². The number of aromatic nitrogens is 2. The van der Waals surface area contributed by atoms with E-state index in [1.165, 1.54) is 5.56 Å². The quantitative estimate of drug-likeness (QED) is 0.836. The van der Waals surface area contributed by atoms with E-state index in [2.05, 4.69) is 41.0 Å². The van der Waals surface area contributed by atoms with Crippen LogP contribution in [0.15, 0.2) is 34.9 Å². The zero-order valence-corrected chi connectivity index (χ0v) is 15.2. The number of nitrogens with zero attached hydrogens (tertiary/aromatic N) is 4. The van der Waals surface area contributed by atoms with Crippen LogP contribution in [0.25, 0.3) is 0 Å². The highest BCUT2D eigenvalue weighted by Crippen LogP contribution is 2.22. The topological polar surface area (TPSA) is 62.5 Å². The minimum atomic E-state index is 0.0849. The lowest BCUT2D eigenvalue weighted by atomic mass is 9.97. The Morgan fingerprint density at radius 1 is 1.16 bits per heavy atom. The van der Waals surface area contributed by atoms with Crippen molar-refractivity contribution in [3.63, 3.8) is 0 Å². The third kappa shape index (κ3) is 4.25. The number of carbonyl (C=O) groups is 1. The molecule has 3 rings (SSSR count). The molecular weight excluding hydrogens is 316 g/mol. The molecule has 2 aromatic rings. The molecule has 134 valence electrons. The van der Waals surface area contributed by atoms with Crippen molar-refractivity contribution in [1.82, 2.24) is 19.9 Å². The molecule has 0 spiro atoms. The number of hydrogen-bond acceptors (Lipinski definition) is 5. The van der Waals surface area contributed by atoms with E-state index in [1.807, 2.05) is 30.0 Å². The number of carbonyl (C=O) groups excluding carboxylic acids is 1. The van der Waals surface area contributed by atoms with E-state index in [4.69, 9.17) is 4.52 Å². The van der Waals surface area contributed by atoms with Crippen LogP contribution in [0.1, 0.15) is 49.5 Å². The van der Waals surface area contributed by atoms with Crippen LogP contribution in [0.4, 0.5) is 0 Å². The first-order valence-electron chi connectivity index (χ1n) is 8.91. The molecule has 1 saturated heterocycles. The van der Waals surface area contributed by atoms with Crippen molar-refractivity contribution in [2.75, 3.05) is 26.2 Å². The van der Waals surface area contributed by atoms with Gasteiger partial charge in [0.05, 0.1) is 6.04 Å². The summed E-state index contributed by atoms with van der Waals surface area (Å²) in [5.74, 6) is 1.78. The van der Waals surface area contributed by atoms with Crippen molar-refractivity contribution < 1.29 is 9.32 Å². The second-order valence-electron chi connectivity index (χ2n) is 6.79. The van der Waals surface area contributed by atoms with Crippen LogP contribution in [0.3, 0.4) is 0 Å². The summed E-state index contributed by atoms with van der Waals surface area (Å²) in [4.78, 5) is 21.2. The second-order valence-corrected chi connectivity index (χ2v) is 6.79. The smallest absolute Gasteiger partial charge is 0.243 e. The molecule has 1 fully saturated rings. The molecule has 1 amide bonds. The first kappa shape index (κ1) is 17.6. The van der Waals surface area contributed by atoms with Crippen LogP contribution < -0.4 is 0 Å². The van der Waals surface area contributed by atoms with Gasteiger partial charge < -0.3 is 9.42 Å². The van der Waals surface area contributed by atoms with Crippen molar-refractivity contribution in [3.05, 3.63) is 47.6 Å². The van der Waals surface area contributed by atoms with E-state index in [0.717, 1.165) is 26.2 Å². The number of amides is 1. The molecule has 6 nitrogen and oxygen atoms in total. The lowest BCUT2D eigenvalue weighted by molar-refractivity contribution is -0.133. The normalized spacial score (nSPS) is 18.1. The molecule has 2 atom stereocenters. The van der Waals surface area contributed by atoms with Gasteiger partial charge in [0, 0.05) is 32.6 Å². The fourth-order valence-corrected chi connectivity index (χ4v) is 3.29. The molecule has 0 unspecified atom stereocenters. The molecule has 0 saturated carbocycles. The van der Waals surface area contributed by atoms with E-state index >= 15 is 0 Å². The summed E-state index contributed by atoms with van der Waals surface area (Å²) in [7, 11) is 0. The molecule has 0 bridgehead atoms. The van der Waals surface area contributed by atoms with Crippen molar-refractivity contribution in [2.45, 2.75) is 39.2 Å². The predicted octanol–water partition coefficient (Wildman–Crippen LogP) is 2.78. The molecule has 6 heteroatoms. The molecule has 1 aliphatic heterocycles. The minimum Gasteiger partial charge on any atom is -0.340 e. The molecule has 0 N–H and O–H groups in total. The summed E-state index contributed by atoms with van der Waals surface area (Å²) in [6, 6.07) is 10.3. The fourth-order valence-electron chi connectivity index (χ4n) is 3.29. The fraction of sp³-hybridized carbons (Fsp3) is 0.526. The van der Waals surface area contributed by atoms with Gasteiger partial charge in [-0.2, -0.15) is 4.98 Å². The molecule has 2 heterocycles. The van der Waals surface area contributed by atoms with Crippen LogP contribution in [0.5, 0.6) is 0 Å². The van der Waals surface area contributed by atoms with Crippen molar-refractivity contribution in [3.8, 4) is 0 Å². The predicted molar refractivity (Wildman–Crippen MR) is 95.1 cm³/mol. The van der Waals surface area contributed by atoms with Gasteiger partial charge in [-0.05, 0) is 25.3 Å². The van der Waals surface area contributed by atoms with Crippen LogP contribution in [-0.4, -0.2) is 52.0 Å². The Bertz CT molecular complexity index is 692. The maximum absolute atomic E-state index is 12.6. The van der Waals surface area contributed by atoms with Crippen LogP contribution in [0, 0.1) is 6.92 Å². The first-order chi connectivity index (χ1) is 12.0. The van der Waals surface area contributed by atoms with Crippen molar-refractivity contribution in [1.29, 1.82) is 0 Å². The third-order valence-corrected chi connectivity index (χ3v) is 4.96. The summed E-state index contributed by atoms with van der Waals surface area (Å²) >= 11 is 0. The highest BCUT2D eigenvalue weighted by atomic mass is 16.5. The van der Waals surface area contributed by atoms with Gasteiger partial charge in [0.2, 0.25) is 11.8 Å². The van der Waals surface area contributed by atoms with Crippen LogP contribution >= 0.6 is 0 Å². The van der Waals surface area contributed by atoms with Gasteiger partial charge in [0.25, 0.3) is 0 Å². The van der Waals surface area contributed by atoms with Crippen molar-refractivity contribution in [2.24, 2.45) is 0 Å². The van der Waals surface area contributed by atoms with E-state index in [9.17, 15) is 4.79 Å². The number of benzene rings is 1. The summed E-state index contributed by atoms with van der Waals surface area (Å²) in [6.07, 6.45) is 0.558. The maximum Gasteiger partial charge on any atom is 0.243 e. The highest BCUT2D eigenvalue weighted by Gasteiger charge is 2.27. The minimum absolute atomic E-state index is 0.0849. The van der Waals surface area contributed by atoms with Gasteiger partial charge in [0.1, 0.15) is 0 Å². The number of hydrogen-bond donors (Lipinski definition) is 0. The Kier molecular flexibility index (Phi) is 5.48. The zero-order chi connectivity index (χ0) is 17.8. The maximum atomic E-state index is 12.6. The molecular formula is C19H26N4O2. The zero-order valence-electron chi connectivity index (χ0n) is 15.2. The van der Waals surface area contributed by atoms with Crippen LogP contribution in [-0.2, 0) is 4.79 Å². The summed E-state index contributed by atoms with van der Waals surface area (Å²) in [5.41, 5.74) is 1.22. The van der Waals surface area contributed by atoms with Gasteiger partial charge in [0.15, 0.2) is 5.82 Å². The van der Waals surface area contributed by atoms with E-state index in [0.29, 0.717) is 18.1 Å². The molecule has 1 aromatic carbocycles. The number of rotatable bonds is 5. The van der Waals surface area contributed by atoms with E-state index < -0.39 is 0 Å². The lowest BCUT2D eigenvalue weighted by Crippen LogP contribution is -2.49. The standard InChI is InChI=1S/C19H26N4O2/c1-14(17-7-5-4-6-8-17)13-18(24)23-11-9-22(10-12-23)15(2)19-20-16(3)21-25-19/h4-8,14-15H,9-13H2,1-3H3/t14-,15-/m1/s1. The molecule has 1 aromatic heterocycles. The molecule has 25 heavy (non-hydrogen) atoms. The van der Waals surface area contributed by atoms with Gasteiger partial charge >= 0.3 is 0 Å². The Morgan fingerprint density at radius 2 is 1.84 bits per heavy atom. The highest BCUT2D eigenvalue weighted by molar-refractivity contribution is 5.77. The van der Waals surface area contributed by atoms with E-state index in [1.54, 1.807) is 0 Å². The summed E-state index contributed by atoms with van der Waals surface area (Å²) in [6.45, 7) is 9.16. The third-order valence-electron chi connectivity index (χ3n) is 4.96. The number of aryl methyl sites for hydroxylation is 1. The number of piperazine rings is 1. The summed E-state index contributed by atoms with van der Waals surface area (Å²) < 4.78 is 5.27. The average molecular weight is 342 g/mol. The Hall–Kier alpha value is -2.21. The molecule has 0 aliphatic carbocycles. The molecule has 0 radical (unpaired) electrons. The Labute approximate surface area is 148 Å². The Morgan fingerprint density at radius 3 is 2.44 bits per heavy atom. The SMILES string of the molecule is Cc1noc([C@@H](C)N2CCN(C(=O)C[C@@H](C)c3ccccc3)CC2)n1. The largest absolute Gasteiger partial charge is 0.340 e. The average Bonchev–Trinajstić information content (AvgIpc) is 3.08. The second kappa shape index (κ2) is 7.78. The lowest BCUT2D eigenvalue weighted by Gasteiger charge is -2.37. The monoisotopic (exact) mass is 342 g/mol. The van der Waals surface area contributed by atoms with E-state index in [-0.39, 0.29) is 17.9 Å². The van der Waals surface area contributed by atoms with Gasteiger partial charge in [-0.3, -0.25) is 9.69 Å². The Balaban J connectivity index is 1.51. The van der Waals surface area contributed by atoms with Gasteiger partial charge in [-0.25, -0.2) is 0 Å². The van der Waals surface area contributed by atoms with Gasteiger partial charge in [-0.15, -0.1) is 0 Å². The van der Waals surface area contributed by atoms with Gasteiger partial charge in [-0.1, -0.05) is 42.4 Å². The van der Waals surface area contributed by atoms with Crippen molar-refractivity contribution >= 4 is 5.91 Å².